The third kappa shape index (κ3) is 3.55. The minimum absolute atomic E-state index is 0.0499. The summed E-state index contributed by atoms with van der Waals surface area (Å²) in [6.45, 7) is 3.97. The first kappa shape index (κ1) is 13.1. The second-order valence-electron chi connectivity index (χ2n) is 4.73. The number of carbonyl (C=O) groups is 1. The number of nitrogens with one attached hydrogen (secondary N) is 1. The average molecular weight is 247 g/mol. The van der Waals surface area contributed by atoms with E-state index in [2.05, 4.69) is 28.4 Å². The Kier molecular flexibility index (Phi) is 4.73. The zero-order valence-electron chi connectivity index (χ0n) is 10.7. The summed E-state index contributed by atoms with van der Waals surface area (Å²) in [5.41, 5.74) is 7.77. The van der Waals surface area contributed by atoms with Gasteiger partial charge in [0.2, 0.25) is 5.91 Å². The fourth-order valence-corrected chi connectivity index (χ4v) is 2.33. The van der Waals surface area contributed by atoms with Crippen molar-refractivity contribution in [3.8, 4) is 0 Å². The molecule has 18 heavy (non-hydrogen) atoms. The minimum Gasteiger partial charge on any atom is -0.351 e. The van der Waals surface area contributed by atoms with Gasteiger partial charge in [-0.05, 0) is 37.1 Å². The van der Waals surface area contributed by atoms with Crippen LogP contribution in [0.25, 0.3) is 0 Å². The molecule has 0 saturated carbocycles. The highest BCUT2D eigenvalue weighted by Gasteiger charge is 2.13. The smallest absolute Gasteiger partial charge is 0.234 e. The van der Waals surface area contributed by atoms with Crippen LogP contribution in [0.2, 0.25) is 0 Å². The molecule has 4 nitrogen and oxygen atoms in total. The Morgan fingerprint density at radius 3 is 2.56 bits per heavy atom. The van der Waals surface area contributed by atoms with Crippen molar-refractivity contribution in [3.05, 3.63) is 35.4 Å². The standard InChI is InChI=1S/C14H21N3O/c15-9-14(18)16-10-12-5-1-2-6-13(12)11-17-7-3-4-8-17/h1-2,5-6H,3-4,7-11,15H2,(H,16,18). The molecule has 98 valence electrons. The summed E-state index contributed by atoms with van der Waals surface area (Å²) in [5.74, 6) is -0.106. The van der Waals surface area contributed by atoms with Gasteiger partial charge in [0.05, 0.1) is 6.54 Å². The van der Waals surface area contributed by atoms with Crippen LogP contribution in [-0.2, 0) is 17.9 Å². The van der Waals surface area contributed by atoms with E-state index >= 15 is 0 Å². The fraction of sp³-hybridized carbons (Fsp3) is 0.500. The Balaban J connectivity index is 1.98. The Morgan fingerprint density at radius 1 is 1.22 bits per heavy atom. The van der Waals surface area contributed by atoms with Gasteiger partial charge in [-0.1, -0.05) is 24.3 Å². The van der Waals surface area contributed by atoms with Crippen molar-refractivity contribution in [1.29, 1.82) is 0 Å². The molecule has 1 fully saturated rings. The number of hydrogen-bond donors (Lipinski definition) is 2. The Morgan fingerprint density at radius 2 is 1.89 bits per heavy atom. The van der Waals surface area contributed by atoms with Crippen LogP contribution in [0, 0.1) is 0 Å². The van der Waals surface area contributed by atoms with E-state index < -0.39 is 0 Å². The van der Waals surface area contributed by atoms with Crippen LogP contribution < -0.4 is 11.1 Å². The number of hydrogen-bond acceptors (Lipinski definition) is 3. The average Bonchev–Trinajstić information content (AvgIpc) is 2.90. The van der Waals surface area contributed by atoms with E-state index in [0.717, 1.165) is 6.54 Å². The zero-order valence-corrected chi connectivity index (χ0v) is 10.7. The molecule has 0 aliphatic carbocycles. The Labute approximate surface area is 108 Å². The molecule has 0 atom stereocenters. The van der Waals surface area contributed by atoms with E-state index in [1.165, 1.54) is 37.1 Å². The van der Waals surface area contributed by atoms with Crippen LogP contribution in [0.4, 0.5) is 0 Å². The molecule has 1 heterocycles. The van der Waals surface area contributed by atoms with Gasteiger partial charge in [-0.15, -0.1) is 0 Å². The molecule has 2 rings (SSSR count). The summed E-state index contributed by atoms with van der Waals surface area (Å²) in [4.78, 5) is 13.7. The van der Waals surface area contributed by atoms with Gasteiger partial charge in [0.25, 0.3) is 0 Å². The van der Waals surface area contributed by atoms with Crippen LogP contribution in [0.15, 0.2) is 24.3 Å². The molecule has 3 N–H and O–H groups in total. The van der Waals surface area contributed by atoms with Crippen LogP contribution in [0.5, 0.6) is 0 Å². The molecular formula is C14H21N3O. The molecule has 0 aromatic heterocycles. The number of nitrogens with zero attached hydrogens (tertiary/aromatic N) is 1. The third-order valence-electron chi connectivity index (χ3n) is 3.37. The van der Waals surface area contributed by atoms with Crippen LogP contribution in [0.3, 0.4) is 0 Å². The van der Waals surface area contributed by atoms with Gasteiger partial charge in [-0.2, -0.15) is 0 Å². The molecule has 1 saturated heterocycles. The normalized spacial score (nSPS) is 15.8. The maximum atomic E-state index is 11.2. The summed E-state index contributed by atoms with van der Waals surface area (Å²) in [6, 6.07) is 8.28. The highest BCUT2D eigenvalue weighted by Crippen LogP contribution is 2.15. The van der Waals surface area contributed by atoms with E-state index in [1.807, 2.05) is 6.07 Å². The highest BCUT2D eigenvalue weighted by molar-refractivity contribution is 5.77. The number of benzene rings is 1. The molecular weight excluding hydrogens is 226 g/mol. The number of nitrogens with two attached hydrogens (primary N) is 1. The Hall–Kier alpha value is -1.39. The first-order valence-electron chi connectivity index (χ1n) is 6.55. The summed E-state index contributed by atoms with van der Waals surface area (Å²) in [5, 5.41) is 2.83. The van der Waals surface area contributed by atoms with Gasteiger partial charge in [-0.25, -0.2) is 0 Å². The molecule has 0 unspecified atom stereocenters. The van der Waals surface area contributed by atoms with Crippen molar-refractivity contribution in [2.75, 3.05) is 19.6 Å². The molecule has 0 bridgehead atoms. The van der Waals surface area contributed by atoms with Crippen LogP contribution in [-0.4, -0.2) is 30.4 Å². The molecule has 0 radical (unpaired) electrons. The lowest BCUT2D eigenvalue weighted by atomic mass is 10.1. The monoisotopic (exact) mass is 247 g/mol. The zero-order chi connectivity index (χ0) is 12.8. The van der Waals surface area contributed by atoms with Crippen molar-refractivity contribution in [2.45, 2.75) is 25.9 Å². The number of amides is 1. The number of carbonyl (C=O) groups excluding carboxylic acids is 1. The molecule has 1 aromatic carbocycles. The summed E-state index contributed by atoms with van der Waals surface area (Å²) < 4.78 is 0. The SMILES string of the molecule is NCC(=O)NCc1ccccc1CN1CCCC1. The maximum Gasteiger partial charge on any atom is 0.234 e. The topological polar surface area (TPSA) is 58.4 Å². The molecule has 4 heteroatoms. The van der Waals surface area contributed by atoms with Gasteiger partial charge >= 0.3 is 0 Å². The lowest BCUT2D eigenvalue weighted by Crippen LogP contribution is -2.30. The van der Waals surface area contributed by atoms with Gasteiger partial charge in [0.15, 0.2) is 0 Å². The summed E-state index contributed by atoms with van der Waals surface area (Å²) in [7, 11) is 0. The predicted molar refractivity (Wildman–Crippen MR) is 71.9 cm³/mol. The molecule has 1 aliphatic rings. The predicted octanol–water partition coefficient (Wildman–Crippen LogP) is 0.857. The van der Waals surface area contributed by atoms with Crippen molar-refractivity contribution >= 4 is 5.91 Å². The molecule has 1 aliphatic heterocycles. The molecule has 1 aromatic rings. The number of rotatable bonds is 5. The lowest BCUT2D eigenvalue weighted by Gasteiger charge is -2.17. The van der Waals surface area contributed by atoms with Crippen molar-refractivity contribution in [2.24, 2.45) is 5.73 Å². The largest absolute Gasteiger partial charge is 0.351 e. The highest BCUT2D eigenvalue weighted by atomic mass is 16.1. The van der Waals surface area contributed by atoms with Crippen molar-refractivity contribution in [1.82, 2.24) is 10.2 Å². The van der Waals surface area contributed by atoms with E-state index in [0.29, 0.717) is 6.54 Å². The molecule has 1 amide bonds. The first-order valence-corrected chi connectivity index (χ1v) is 6.55. The first-order chi connectivity index (χ1) is 8.79. The van der Waals surface area contributed by atoms with Crippen molar-refractivity contribution in [3.63, 3.8) is 0 Å². The molecule has 0 spiro atoms. The third-order valence-corrected chi connectivity index (χ3v) is 3.37. The van der Waals surface area contributed by atoms with Gasteiger partial charge in [-0.3, -0.25) is 9.69 Å². The van der Waals surface area contributed by atoms with E-state index in [4.69, 9.17) is 5.73 Å². The minimum atomic E-state index is -0.106. The van der Waals surface area contributed by atoms with E-state index in [-0.39, 0.29) is 12.5 Å². The summed E-state index contributed by atoms with van der Waals surface area (Å²) >= 11 is 0. The van der Waals surface area contributed by atoms with Crippen LogP contribution in [0.1, 0.15) is 24.0 Å². The second-order valence-corrected chi connectivity index (χ2v) is 4.73. The fourth-order valence-electron chi connectivity index (χ4n) is 2.33. The maximum absolute atomic E-state index is 11.2. The Bertz CT molecular complexity index is 400. The van der Waals surface area contributed by atoms with Gasteiger partial charge in [0, 0.05) is 13.1 Å². The van der Waals surface area contributed by atoms with Gasteiger partial charge < -0.3 is 11.1 Å². The quantitative estimate of drug-likeness (QED) is 0.811. The van der Waals surface area contributed by atoms with E-state index in [9.17, 15) is 4.79 Å². The van der Waals surface area contributed by atoms with Crippen molar-refractivity contribution < 1.29 is 4.79 Å². The van der Waals surface area contributed by atoms with E-state index in [1.54, 1.807) is 0 Å². The summed E-state index contributed by atoms with van der Waals surface area (Å²) in [6.07, 6.45) is 2.60. The van der Waals surface area contributed by atoms with Crippen LogP contribution >= 0.6 is 0 Å². The lowest BCUT2D eigenvalue weighted by molar-refractivity contribution is -0.119. The number of likely N-dealkylation sites (tertiary alicyclic amines) is 1. The second kappa shape index (κ2) is 6.52. The van der Waals surface area contributed by atoms with Gasteiger partial charge in [0.1, 0.15) is 0 Å².